The van der Waals surface area contributed by atoms with Crippen molar-refractivity contribution < 1.29 is 13.2 Å². The maximum absolute atomic E-state index is 12.5. The second-order valence-corrected chi connectivity index (χ2v) is 7.27. The van der Waals surface area contributed by atoms with E-state index in [4.69, 9.17) is 5.73 Å². The molecule has 0 radical (unpaired) electrons. The summed E-state index contributed by atoms with van der Waals surface area (Å²) in [5.74, 6) is -0.476. The Labute approximate surface area is 120 Å². The van der Waals surface area contributed by atoms with Crippen molar-refractivity contribution in [3.63, 3.8) is 0 Å². The average Bonchev–Trinajstić information content (AvgIpc) is 2.36. The van der Waals surface area contributed by atoms with Gasteiger partial charge in [0.25, 0.3) is 0 Å². The Morgan fingerprint density at radius 1 is 1.35 bits per heavy atom. The van der Waals surface area contributed by atoms with Gasteiger partial charge in [-0.05, 0) is 51.0 Å². The lowest BCUT2D eigenvalue weighted by molar-refractivity contribution is -0.121. The minimum Gasteiger partial charge on any atom is -0.399 e. The first-order chi connectivity index (χ1) is 9.20. The van der Waals surface area contributed by atoms with Gasteiger partial charge in [-0.15, -0.1) is 0 Å². The number of anilines is 1. The van der Waals surface area contributed by atoms with E-state index in [2.05, 4.69) is 5.32 Å². The molecule has 0 fully saturated rings. The monoisotopic (exact) mass is 298 g/mol. The Morgan fingerprint density at radius 3 is 2.45 bits per heavy atom. The van der Waals surface area contributed by atoms with Crippen molar-refractivity contribution in [1.29, 1.82) is 0 Å². The van der Waals surface area contributed by atoms with Gasteiger partial charge in [0.05, 0.1) is 4.90 Å². The topological polar surface area (TPSA) is 89.3 Å². The van der Waals surface area contributed by atoms with E-state index in [9.17, 15) is 13.2 Å². The van der Waals surface area contributed by atoms with Crippen LogP contribution >= 0.6 is 0 Å². The van der Waals surface area contributed by atoms with E-state index in [1.54, 1.807) is 13.0 Å². The number of hydrogen-bond acceptors (Lipinski definition) is 4. The van der Waals surface area contributed by atoms with Crippen molar-refractivity contribution in [1.82, 2.24) is 5.32 Å². The Morgan fingerprint density at radius 2 is 1.95 bits per heavy atom. The molecule has 0 aromatic heterocycles. The minimum atomic E-state index is -3.71. The fourth-order valence-corrected chi connectivity index (χ4v) is 3.28. The molecule has 0 saturated heterocycles. The summed E-state index contributed by atoms with van der Waals surface area (Å²) in [5, 5.41) is 1.57. The summed E-state index contributed by atoms with van der Waals surface area (Å²) < 4.78 is 24.9. The van der Waals surface area contributed by atoms with E-state index in [1.807, 2.05) is 13.8 Å². The van der Waals surface area contributed by atoms with Crippen molar-refractivity contribution >= 4 is 21.4 Å². The first-order valence-corrected chi connectivity index (χ1v) is 8.15. The van der Waals surface area contributed by atoms with Crippen LogP contribution in [0.1, 0.15) is 32.8 Å². The molecule has 0 aliphatic rings. The van der Waals surface area contributed by atoms with E-state index in [-0.39, 0.29) is 10.9 Å². The number of carbonyl (C=O) groups excluding carboxylic acids is 1. The maximum atomic E-state index is 12.5. The molecule has 0 spiro atoms. The predicted molar refractivity (Wildman–Crippen MR) is 80.1 cm³/mol. The van der Waals surface area contributed by atoms with Gasteiger partial charge >= 0.3 is 0 Å². The lowest BCUT2D eigenvalue weighted by Crippen LogP contribution is -2.42. The van der Waals surface area contributed by atoms with Gasteiger partial charge in [-0.2, -0.15) is 0 Å². The summed E-state index contributed by atoms with van der Waals surface area (Å²) in [7, 11) is -3.71. The molecule has 20 heavy (non-hydrogen) atoms. The molecule has 0 saturated carbocycles. The molecule has 0 aliphatic carbocycles. The third-order valence-electron chi connectivity index (χ3n) is 3.34. The largest absolute Gasteiger partial charge is 0.399 e. The van der Waals surface area contributed by atoms with Gasteiger partial charge in [0.15, 0.2) is 9.84 Å². The van der Waals surface area contributed by atoms with Crippen molar-refractivity contribution in [3.8, 4) is 0 Å². The molecule has 0 aliphatic heterocycles. The standard InChI is InChI=1S/C14H22N2O3S/c1-5-10(3)16-14(17)11(4)20(18,19)13-7-6-12(15)8-9(13)2/h6-8,10-11H,5,15H2,1-4H3,(H,16,17). The van der Waals surface area contributed by atoms with Crippen LogP contribution in [0.25, 0.3) is 0 Å². The molecular formula is C14H22N2O3S. The number of sulfone groups is 1. The Hall–Kier alpha value is -1.56. The number of carbonyl (C=O) groups is 1. The van der Waals surface area contributed by atoms with E-state index in [0.29, 0.717) is 11.3 Å². The first-order valence-electron chi connectivity index (χ1n) is 6.60. The summed E-state index contributed by atoms with van der Waals surface area (Å²) in [6.07, 6.45) is 0.749. The smallest absolute Gasteiger partial charge is 0.238 e. The van der Waals surface area contributed by atoms with Gasteiger partial charge in [0.2, 0.25) is 5.91 Å². The fraction of sp³-hybridized carbons (Fsp3) is 0.500. The zero-order chi connectivity index (χ0) is 15.5. The van der Waals surface area contributed by atoms with E-state index >= 15 is 0 Å². The molecule has 2 atom stereocenters. The van der Waals surface area contributed by atoms with Crippen molar-refractivity contribution in [3.05, 3.63) is 23.8 Å². The van der Waals surface area contributed by atoms with Crippen LogP contribution in [-0.4, -0.2) is 25.6 Å². The second-order valence-electron chi connectivity index (χ2n) is 5.03. The van der Waals surface area contributed by atoms with Crippen molar-refractivity contribution in [2.24, 2.45) is 0 Å². The van der Waals surface area contributed by atoms with Crippen LogP contribution in [0.5, 0.6) is 0 Å². The summed E-state index contributed by atoms with van der Waals surface area (Å²) in [6.45, 7) is 6.84. The van der Waals surface area contributed by atoms with Gasteiger partial charge < -0.3 is 11.1 Å². The molecule has 1 amide bonds. The predicted octanol–water partition coefficient (Wildman–Crippen LogP) is 1.65. The maximum Gasteiger partial charge on any atom is 0.238 e. The van der Waals surface area contributed by atoms with Crippen molar-refractivity contribution in [2.75, 3.05) is 5.73 Å². The highest BCUT2D eigenvalue weighted by atomic mass is 32.2. The van der Waals surface area contributed by atoms with Crippen LogP contribution < -0.4 is 11.1 Å². The molecule has 0 bridgehead atoms. The van der Waals surface area contributed by atoms with Crippen LogP contribution in [0.2, 0.25) is 0 Å². The number of rotatable bonds is 5. The lowest BCUT2D eigenvalue weighted by Gasteiger charge is -2.18. The van der Waals surface area contributed by atoms with Gasteiger partial charge in [0, 0.05) is 11.7 Å². The fourth-order valence-electron chi connectivity index (χ4n) is 1.79. The highest BCUT2D eigenvalue weighted by Crippen LogP contribution is 2.22. The van der Waals surface area contributed by atoms with E-state index in [0.717, 1.165) is 6.42 Å². The lowest BCUT2D eigenvalue weighted by atomic mass is 10.2. The molecule has 2 unspecified atom stereocenters. The first kappa shape index (κ1) is 16.5. The van der Waals surface area contributed by atoms with Gasteiger partial charge in [-0.3, -0.25) is 4.79 Å². The molecule has 5 nitrogen and oxygen atoms in total. The minimum absolute atomic E-state index is 0.0485. The highest BCUT2D eigenvalue weighted by Gasteiger charge is 2.31. The molecule has 1 rings (SSSR count). The molecule has 1 aromatic carbocycles. The summed E-state index contributed by atoms with van der Waals surface area (Å²) >= 11 is 0. The van der Waals surface area contributed by atoms with Crippen LogP contribution in [-0.2, 0) is 14.6 Å². The molecule has 0 heterocycles. The van der Waals surface area contributed by atoms with Crippen LogP contribution in [0, 0.1) is 6.92 Å². The van der Waals surface area contributed by atoms with E-state index in [1.165, 1.54) is 19.1 Å². The Balaban J connectivity index is 3.07. The second kappa shape index (κ2) is 6.26. The van der Waals surface area contributed by atoms with Crippen LogP contribution in [0.15, 0.2) is 23.1 Å². The van der Waals surface area contributed by atoms with Crippen LogP contribution in [0.4, 0.5) is 5.69 Å². The van der Waals surface area contributed by atoms with Gasteiger partial charge in [-0.25, -0.2) is 8.42 Å². The number of benzene rings is 1. The van der Waals surface area contributed by atoms with Gasteiger partial charge in [0.1, 0.15) is 5.25 Å². The summed E-state index contributed by atoms with van der Waals surface area (Å²) in [6, 6.07) is 4.52. The number of amides is 1. The van der Waals surface area contributed by atoms with E-state index < -0.39 is 21.0 Å². The number of nitrogens with two attached hydrogens (primary N) is 1. The summed E-state index contributed by atoms with van der Waals surface area (Å²) in [4.78, 5) is 12.1. The number of nitrogens with one attached hydrogen (secondary N) is 1. The Bertz CT molecular complexity index is 596. The zero-order valence-electron chi connectivity index (χ0n) is 12.3. The van der Waals surface area contributed by atoms with Crippen LogP contribution in [0.3, 0.4) is 0 Å². The molecule has 1 aromatic rings. The number of nitrogen functional groups attached to an aromatic ring is 1. The molecule has 112 valence electrons. The molecule has 3 N–H and O–H groups in total. The summed E-state index contributed by atoms with van der Waals surface area (Å²) in [5.41, 5.74) is 6.66. The van der Waals surface area contributed by atoms with Gasteiger partial charge in [-0.1, -0.05) is 6.92 Å². The molecule has 6 heteroatoms. The quantitative estimate of drug-likeness (QED) is 0.809. The molecular weight excluding hydrogens is 276 g/mol. The normalized spacial score (nSPS) is 14.6. The average molecular weight is 298 g/mol. The SMILES string of the molecule is CCC(C)NC(=O)C(C)S(=O)(=O)c1ccc(N)cc1C. The third kappa shape index (κ3) is 3.50. The Kier molecular flexibility index (Phi) is 5.16. The van der Waals surface area contributed by atoms with Crippen molar-refractivity contribution in [2.45, 2.75) is 50.3 Å². The number of hydrogen-bond donors (Lipinski definition) is 2. The zero-order valence-corrected chi connectivity index (χ0v) is 13.1. The third-order valence-corrected chi connectivity index (χ3v) is 5.56. The number of aryl methyl sites for hydroxylation is 1. The highest BCUT2D eigenvalue weighted by molar-refractivity contribution is 7.92.